The third kappa shape index (κ3) is 4.69. The second-order valence-electron chi connectivity index (χ2n) is 5.52. The van der Waals surface area contributed by atoms with Crippen molar-refractivity contribution in [3.05, 3.63) is 108 Å². The largest absolute Gasteiger partial charge is 2.00 e. The zero-order valence-corrected chi connectivity index (χ0v) is 15.1. The Kier molecular flexibility index (Phi) is 6.76. The first-order valence-electron chi connectivity index (χ1n) is 7.91. The van der Waals surface area contributed by atoms with Gasteiger partial charge in [-0.2, -0.15) is 18.2 Å². The van der Waals surface area contributed by atoms with Crippen LogP contribution in [-0.2, 0) is 24.1 Å². The average molecular weight is 369 g/mol. The monoisotopic (exact) mass is 369 g/mol. The molecule has 25 heavy (non-hydrogen) atoms. The molecule has 0 aliphatic heterocycles. The Balaban J connectivity index is 0.000000325. The predicted octanol–water partition coefficient (Wildman–Crippen LogP) is 4.33. The van der Waals surface area contributed by atoms with Crippen molar-refractivity contribution in [1.82, 2.24) is 4.57 Å². The molecule has 2 aromatic carbocycles. The SMILES string of the molecule is Cn1c(/C=C/C([O-])=C2C=CC=C2)cc2ccccc21.[Fe+2].c1cc[cH-]c1. The molecule has 0 saturated heterocycles. The third-order valence-electron chi connectivity index (χ3n) is 3.90. The first-order valence-corrected chi connectivity index (χ1v) is 7.91. The zero-order chi connectivity index (χ0) is 16.8. The molecule has 4 rings (SSSR count). The van der Waals surface area contributed by atoms with Crippen LogP contribution in [0.3, 0.4) is 0 Å². The standard InChI is InChI=1S/C17H15NO.C5H5.Fe/c1-18-15(12-14-8-4-5-9-16(14)18)10-11-17(19)13-6-2-3-7-13;1-2-4-5-3-1;/h2-12,19H,1H3;1-5H;/q;-1;+2/p-1/b11-10+;;. The molecule has 0 N–H and O–H groups in total. The normalized spacial score (nSPS) is 12.3. The van der Waals surface area contributed by atoms with E-state index in [9.17, 15) is 5.11 Å². The second kappa shape index (κ2) is 9.02. The van der Waals surface area contributed by atoms with Gasteiger partial charge in [0.1, 0.15) is 0 Å². The van der Waals surface area contributed by atoms with Crippen LogP contribution in [-0.4, -0.2) is 4.57 Å². The van der Waals surface area contributed by atoms with Crippen LogP contribution in [0.1, 0.15) is 5.69 Å². The maximum absolute atomic E-state index is 11.9. The number of fused-ring (bicyclic) bond motifs is 1. The van der Waals surface area contributed by atoms with E-state index in [2.05, 4.69) is 22.8 Å². The summed E-state index contributed by atoms with van der Waals surface area (Å²) in [6.45, 7) is 0. The number of para-hydroxylation sites is 1. The van der Waals surface area contributed by atoms with Crippen molar-refractivity contribution in [2.45, 2.75) is 0 Å². The molecule has 3 heteroatoms. The Morgan fingerprint density at radius 3 is 2.32 bits per heavy atom. The molecule has 0 atom stereocenters. The minimum Gasteiger partial charge on any atom is -0.872 e. The van der Waals surface area contributed by atoms with Gasteiger partial charge in [0, 0.05) is 23.6 Å². The number of allylic oxidation sites excluding steroid dienone is 6. The van der Waals surface area contributed by atoms with Crippen LogP contribution < -0.4 is 5.11 Å². The summed E-state index contributed by atoms with van der Waals surface area (Å²) >= 11 is 0. The molecule has 2 nitrogen and oxygen atoms in total. The Hall–Kier alpha value is -2.61. The Morgan fingerprint density at radius 1 is 1.04 bits per heavy atom. The van der Waals surface area contributed by atoms with Gasteiger partial charge in [0.25, 0.3) is 0 Å². The van der Waals surface area contributed by atoms with E-state index >= 15 is 0 Å². The van der Waals surface area contributed by atoms with Crippen molar-refractivity contribution in [1.29, 1.82) is 0 Å². The summed E-state index contributed by atoms with van der Waals surface area (Å²) in [7, 11) is 2.01. The van der Waals surface area contributed by atoms with E-state index in [1.165, 1.54) is 10.9 Å². The number of aryl methyl sites for hydroxylation is 1. The molecule has 0 bridgehead atoms. The molecule has 126 valence electrons. The fraction of sp³-hybridized carbons (Fsp3) is 0.0455. The van der Waals surface area contributed by atoms with Gasteiger partial charge in [-0.05, 0) is 23.8 Å². The Morgan fingerprint density at radius 2 is 1.72 bits per heavy atom. The minimum atomic E-state index is 0. The molecule has 0 radical (unpaired) electrons. The molecule has 0 unspecified atom stereocenters. The van der Waals surface area contributed by atoms with E-state index in [1.807, 2.05) is 79.9 Å². The molecule has 1 heterocycles. The summed E-state index contributed by atoms with van der Waals surface area (Å²) in [5.41, 5.74) is 2.93. The third-order valence-corrected chi connectivity index (χ3v) is 3.90. The van der Waals surface area contributed by atoms with Crippen molar-refractivity contribution in [3.8, 4) is 0 Å². The first kappa shape index (κ1) is 18.7. The van der Waals surface area contributed by atoms with Crippen LogP contribution in [0.5, 0.6) is 0 Å². The summed E-state index contributed by atoms with van der Waals surface area (Å²) in [5, 5.41) is 13.1. The van der Waals surface area contributed by atoms with Crippen molar-refractivity contribution < 1.29 is 22.2 Å². The van der Waals surface area contributed by atoms with Gasteiger partial charge in [-0.1, -0.05) is 48.6 Å². The number of benzene rings is 1. The van der Waals surface area contributed by atoms with E-state index in [0.29, 0.717) is 0 Å². The van der Waals surface area contributed by atoms with Gasteiger partial charge in [0.2, 0.25) is 0 Å². The van der Waals surface area contributed by atoms with Crippen LogP contribution in [0, 0.1) is 0 Å². The molecule has 0 saturated carbocycles. The fourth-order valence-corrected chi connectivity index (χ4v) is 2.59. The van der Waals surface area contributed by atoms with Gasteiger partial charge in [-0.3, -0.25) is 0 Å². The number of hydrogen-bond acceptors (Lipinski definition) is 1. The predicted molar refractivity (Wildman–Crippen MR) is 99.3 cm³/mol. The fourth-order valence-electron chi connectivity index (χ4n) is 2.59. The van der Waals surface area contributed by atoms with Crippen molar-refractivity contribution >= 4 is 17.0 Å². The Labute approximate surface area is 158 Å². The number of rotatable bonds is 2. The van der Waals surface area contributed by atoms with Crippen LogP contribution in [0.25, 0.3) is 17.0 Å². The molecule has 0 amide bonds. The van der Waals surface area contributed by atoms with E-state index in [4.69, 9.17) is 0 Å². The van der Waals surface area contributed by atoms with E-state index in [1.54, 1.807) is 6.08 Å². The van der Waals surface area contributed by atoms with Gasteiger partial charge >= 0.3 is 17.1 Å². The van der Waals surface area contributed by atoms with E-state index in [-0.39, 0.29) is 22.8 Å². The molecule has 0 fully saturated rings. The average Bonchev–Trinajstić information content (AvgIpc) is 3.37. The maximum atomic E-state index is 11.9. The van der Waals surface area contributed by atoms with Gasteiger partial charge in [-0.25, -0.2) is 12.1 Å². The first-order chi connectivity index (χ1) is 11.8. The number of hydrogen-bond donors (Lipinski definition) is 0. The molecule has 1 aromatic heterocycles. The second-order valence-corrected chi connectivity index (χ2v) is 5.52. The maximum Gasteiger partial charge on any atom is 2.00 e. The summed E-state index contributed by atoms with van der Waals surface area (Å²) < 4.78 is 2.09. The summed E-state index contributed by atoms with van der Waals surface area (Å²) in [5.74, 6) is 0.0373. The molecule has 3 aromatic rings. The van der Waals surface area contributed by atoms with E-state index in [0.717, 1.165) is 11.3 Å². The van der Waals surface area contributed by atoms with Crippen LogP contribution >= 0.6 is 0 Å². The van der Waals surface area contributed by atoms with Crippen molar-refractivity contribution in [3.63, 3.8) is 0 Å². The zero-order valence-electron chi connectivity index (χ0n) is 13.9. The molecular weight excluding hydrogens is 350 g/mol. The molecule has 1 aliphatic rings. The van der Waals surface area contributed by atoms with Crippen LogP contribution in [0.4, 0.5) is 0 Å². The van der Waals surface area contributed by atoms with Crippen molar-refractivity contribution in [2.24, 2.45) is 7.05 Å². The minimum absolute atomic E-state index is 0. The van der Waals surface area contributed by atoms with Gasteiger partial charge in [0.05, 0.1) is 0 Å². The Bertz CT molecular complexity index is 893. The van der Waals surface area contributed by atoms with Crippen molar-refractivity contribution in [2.75, 3.05) is 0 Å². The summed E-state index contributed by atoms with van der Waals surface area (Å²) in [6, 6.07) is 20.3. The summed E-state index contributed by atoms with van der Waals surface area (Å²) in [4.78, 5) is 0. The summed E-state index contributed by atoms with van der Waals surface area (Å²) in [6.07, 6.45) is 10.9. The van der Waals surface area contributed by atoms with E-state index < -0.39 is 0 Å². The van der Waals surface area contributed by atoms with Crippen LogP contribution in [0.15, 0.2) is 102 Å². The number of nitrogens with zero attached hydrogens (tertiary/aromatic N) is 1. The smallest absolute Gasteiger partial charge is 0.872 e. The topological polar surface area (TPSA) is 28.0 Å². The molecule has 1 aliphatic carbocycles. The van der Waals surface area contributed by atoms with Crippen LogP contribution in [0.2, 0.25) is 0 Å². The molecular formula is C22H19FeNO. The number of aromatic nitrogens is 1. The quantitative estimate of drug-likeness (QED) is 0.375. The van der Waals surface area contributed by atoms with Gasteiger partial charge in [0.15, 0.2) is 0 Å². The van der Waals surface area contributed by atoms with Gasteiger partial charge < -0.3 is 9.67 Å². The molecule has 0 spiro atoms. The van der Waals surface area contributed by atoms with Gasteiger partial charge in [-0.15, -0.1) is 5.76 Å².